The van der Waals surface area contributed by atoms with Crippen LogP contribution >= 0.6 is 0 Å². The molecule has 1 aliphatic carbocycles. The van der Waals surface area contributed by atoms with Gasteiger partial charge in [-0.15, -0.1) is 0 Å². The van der Waals surface area contributed by atoms with Crippen LogP contribution in [0.1, 0.15) is 56.9 Å². The summed E-state index contributed by atoms with van der Waals surface area (Å²) in [6.45, 7) is 3.70. The van der Waals surface area contributed by atoms with Crippen LogP contribution in [0.5, 0.6) is 5.75 Å². The number of ether oxygens (including phenoxy) is 1. The maximum absolute atomic E-state index is 13.6. The van der Waals surface area contributed by atoms with Crippen LogP contribution in [-0.2, 0) is 11.2 Å². The Hall–Kier alpha value is -4.04. The van der Waals surface area contributed by atoms with Crippen LogP contribution in [0, 0.1) is 0 Å². The molecule has 2 saturated heterocycles. The van der Waals surface area contributed by atoms with Crippen LogP contribution in [0.25, 0.3) is 0 Å². The molecular weight excluding hydrogens is 562 g/mol. The summed E-state index contributed by atoms with van der Waals surface area (Å²) in [4.78, 5) is 33.0. The Balaban J connectivity index is 0.946. The first kappa shape index (κ1) is 31.0. The second-order valence-electron chi connectivity index (χ2n) is 12.8. The van der Waals surface area contributed by atoms with Crippen molar-refractivity contribution in [3.05, 3.63) is 84.4 Å². The van der Waals surface area contributed by atoms with Gasteiger partial charge in [-0.2, -0.15) is 0 Å². The lowest BCUT2D eigenvalue weighted by atomic mass is 10.1. The quantitative estimate of drug-likeness (QED) is 0.251. The number of nitrogens with one attached hydrogen (secondary N) is 2. The molecule has 3 aliphatic rings. The first-order chi connectivity index (χ1) is 22.0. The first-order valence-corrected chi connectivity index (χ1v) is 16.8. The highest BCUT2D eigenvalue weighted by atomic mass is 16.5. The molecule has 8 nitrogen and oxygen atoms in total. The molecule has 1 saturated carbocycles. The van der Waals surface area contributed by atoms with Crippen molar-refractivity contribution in [2.75, 3.05) is 48.8 Å². The molecule has 3 amide bonds. The monoisotopic (exact) mass is 609 g/mol. The fourth-order valence-electron chi connectivity index (χ4n) is 7.08. The second kappa shape index (κ2) is 14.8. The van der Waals surface area contributed by atoms with Crippen LogP contribution in [0.2, 0.25) is 0 Å². The molecule has 0 bridgehead atoms. The second-order valence-corrected chi connectivity index (χ2v) is 12.8. The Bertz CT molecular complexity index is 1390. The number of benzene rings is 3. The van der Waals surface area contributed by atoms with Crippen molar-refractivity contribution in [3.8, 4) is 5.75 Å². The number of anilines is 3. The predicted octanol–water partition coefficient (Wildman–Crippen LogP) is 6.79. The normalized spacial score (nSPS) is 20.3. The number of carbonyl (C=O) groups is 2. The summed E-state index contributed by atoms with van der Waals surface area (Å²) in [7, 11) is 1.98. The summed E-state index contributed by atoms with van der Waals surface area (Å²) >= 11 is 0. The van der Waals surface area contributed by atoms with E-state index in [1.54, 1.807) is 0 Å². The number of hydrogen-bond acceptors (Lipinski definition) is 5. The minimum absolute atomic E-state index is 0.000444. The molecule has 3 aromatic carbocycles. The molecule has 8 heteroatoms. The van der Waals surface area contributed by atoms with Crippen molar-refractivity contribution in [1.82, 2.24) is 9.80 Å². The van der Waals surface area contributed by atoms with Crippen LogP contribution in [0.3, 0.4) is 0 Å². The van der Waals surface area contributed by atoms with Gasteiger partial charge in [0.05, 0.1) is 18.2 Å². The van der Waals surface area contributed by atoms with Crippen LogP contribution < -0.4 is 20.3 Å². The average molecular weight is 610 g/mol. The van der Waals surface area contributed by atoms with Gasteiger partial charge in [-0.3, -0.25) is 9.69 Å². The van der Waals surface area contributed by atoms with Crippen LogP contribution in [0.15, 0.2) is 78.9 Å². The molecule has 2 N–H and O–H groups in total. The predicted molar refractivity (Wildman–Crippen MR) is 181 cm³/mol. The Morgan fingerprint density at radius 3 is 2.22 bits per heavy atom. The maximum atomic E-state index is 13.6. The summed E-state index contributed by atoms with van der Waals surface area (Å²) < 4.78 is 6.02. The van der Waals surface area contributed by atoms with E-state index in [0.29, 0.717) is 6.10 Å². The third-order valence-electron chi connectivity index (χ3n) is 9.67. The van der Waals surface area contributed by atoms with Gasteiger partial charge in [0.2, 0.25) is 5.91 Å². The fourth-order valence-corrected chi connectivity index (χ4v) is 7.08. The number of carbonyl (C=O) groups excluding carboxylic acids is 2. The number of urea groups is 1. The van der Waals surface area contributed by atoms with Crippen molar-refractivity contribution >= 4 is 29.0 Å². The van der Waals surface area contributed by atoms with Gasteiger partial charge < -0.3 is 25.2 Å². The summed E-state index contributed by atoms with van der Waals surface area (Å²) in [5.41, 5.74) is 3.91. The number of amides is 3. The van der Waals surface area contributed by atoms with E-state index in [9.17, 15) is 9.59 Å². The Morgan fingerprint density at radius 1 is 0.822 bits per heavy atom. The fraction of sp³-hybridized carbons (Fsp3) is 0.459. The smallest absolute Gasteiger partial charge is 0.323 e. The van der Waals surface area contributed by atoms with Gasteiger partial charge in [0.25, 0.3) is 0 Å². The first-order valence-electron chi connectivity index (χ1n) is 16.8. The zero-order chi connectivity index (χ0) is 31.0. The van der Waals surface area contributed by atoms with Crippen molar-refractivity contribution in [3.63, 3.8) is 0 Å². The number of hydrogen-bond donors (Lipinski definition) is 2. The molecule has 2 atom stereocenters. The highest BCUT2D eigenvalue weighted by Gasteiger charge is 2.36. The molecule has 6 rings (SSSR count). The number of aryl methyl sites for hydroxylation is 1. The van der Waals surface area contributed by atoms with E-state index in [1.165, 1.54) is 18.4 Å². The van der Waals surface area contributed by atoms with Gasteiger partial charge in [-0.05, 0) is 125 Å². The minimum atomic E-state index is -0.283. The summed E-state index contributed by atoms with van der Waals surface area (Å²) in [6.07, 6.45) is 10.1. The minimum Gasteiger partial charge on any atom is -0.490 e. The van der Waals surface area contributed by atoms with Crippen LogP contribution in [-0.4, -0.2) is 73.2 Å². The zero-order valence-electron chi connectivity index (χ0n) is 26.5. The number of likely N-dealkylation sites (N-methyl/N-ethyl adjacent to an activating group) is 1. The molecule has 0 radical (unpaired) electrons. The van der Waals surface area contributed by atoms with Crippen molar-refractivity contribution in [1.29, 1.82) is 0 Å². The van der Waals surface area contributed by atoms with E-state index in [4.69, 9.17) is 4.74 Å². The highest BCUT2D eigenvalue weighted by molar-refractivity contribution is 5.99. The Morgan fingerprint density at radius 2 is 1.51 bits per heavy atom. The van der Waals surface area contributed by atoms with Crippen molar-refractivity contribution in [2.24, 2.45) is 0 Å². The molecule has 0 spiro atoms. The van der Waals surface area contributed by atoms with Gasteiger partial charge in [-0.1, -0.05) is 30.3 Å². The molecule has 1 unspecified atom stereocenters. The lowest BCUT2D eigenvalue weighted by Gasteiger charge is -2.31. The molecular formula is C37H47N5O3. The maximum Gasteiger partial charge on any atom is 0.323 e. The van der Waals surface area contributed by atoms with E-state index in [0.717, 1.165) is 93.9 Å². The summed E-state index contributed by atoms with van der Waals surface area (Å²) in [5, 5.41) is 5.82. The molecule has 2 heterocycles. The van der Waals surface area contributed by atoms with E-state index < -0.39 is 0 Å². The zero-order valence-corrected chi connectivity index (χ0v) is 26.5. The van der Waals surface area contributed by atoms with Gasteiger partial charge in [-0.25, -0.2) is 4.79 Å². The van der Waals surface area contributed by atoms with E-state index in [-0.39, 0.29) is 24.0 Å². The van der Waals surface area contributed by atoms with Crippen molar-refractivity contribution in [2.45, 2.75) is 76.0 Å². The van der Waals surface area contributed by atoms with Gasteiger partial charge in [0, 0.05) is 37.2 Å². The van der Waals surface area contributed by atoms with Gasteiger partial charge >= 0.3 is 6.03 Å². The van der Waals surface area contributed by atoms with Crippen molar-refractivity contribution < 1.29 is 14.3 Å². The topological polar surface area (TPSA) is 77.2 Å². The molecule has 238 valence electrons. The van der Waals surface area contributed by atoms with E-state index in [1.807, 2.05) is 60.5 Å². The van der Waals surface area contributed by atoms with E-state index in [2.05, 4.69) is 50.8 Å². The summed E-state index contributed by atoms with van der Waals surface area (Å²) in [5.74, 6) is 1.11. The van der Waals surface area contributed by atoms with E-state index >= 15 is 0 Å². The molecule has 2 aliphatic heterocycles. The largest absolute Gasteiger partial charge is 0.490 e. The molecule has 45 heavy (non-hydrogen) atoms. The molecule has 3 aromatic rings. The number of rotatable bonds is 11. The lowest BCUT2D eigenvalue weighted by Crippen LogP contribution is -2.48. The highest BCUT2D eigenvalue weighted by Crippen LogP contribution is 2.28. The van der Waals surface area contributed by atoms with Gasteiger partial charge in [0.1, 0.15) is 5.75 Å². The number of likely N-dealkylation sites (tertiary alicyclic amines) is 1. The standard InChI is InChI=1S/C37H47N5O3/c1-40(36(43)35-14-8-25-41(35)24-7-11-28-9-3-2-4-10-28)32-23-26-42(27-32)31-19-15-29(16-20-31)38-37(44)39-30-17-21-34(22-18-30)45-33-12-5-6-13-33/h2-4,9-10,15-22,32-33,35H,5-8,11-14,23-27H2,1H3,(H2,38,39,44)/t32?,35-/m1/s1. The average Bonchev–Trinajstić information content (AvgIpc) is 3.85. The number of nitrogens with zero attached hydrogens (tertiary/aromatic N) is 3. The third kappa shape index (κ3) is 8.17. The summed E-state index contributed by atoms with van der Waals surface area (Å²) in [6, 6.07) is 26.0. The Kier molecular flexibility index (Phi) is 10.2. The SMILES string of the molecule is CN(C(=O)[C@H]1CCCN1CCCc1ccccc1)C1CCN(c2ccc(NC(=O)Nc3ccc(OC4CCCC4)cc3)cc2)C1. The lowest BCUT2D eigenvalue weighted by molar-refractivity contribution is -0.136. The molecule has 0 aromatic heterocycles. The Labute approximate surface area is 267 Å². The molecule has 3 fully saturated rings. The third-order valence-corrected chi connectivity index (χ3v) is 9.67. The van der Waals surface area contributed by atoms with Gasteiger partial charge in [0.15, 0.2) is 0 Å². The van der Waals surface area contributed by atoms with Crippen LogP contribution in [0.4, 0.5) is 21.9 Å².